The molecular weight excluding hydrogens is 266 g/mol. The first-order chi connectivity index (χ1) is 7.45. The van der Waals surface area contributed by atoms with Gasteiger partial charge in [0, 0.05) is 16.1 Å². The van der Waals surface area contributed by atoms with E-state index in [2.05, 4.69) is 35.8 Å². The minimum Gasteiger partial charge on any atom is -0.496 e. The summed E-state index contributed by atoms with van der Waals surface area (Å²) >= 11 is 3.53. The summed E-state index contributed by atoms with van der Waals surface area (Å²) in [5, 5.41) is 0. The van der Waals surface area contributed by atoms with Crippen LogP contribution in [0.4, 0.5) is 0 Å². The summed E-state index contributed by atoms with van der Waals surface area (Å²) in [6, 6.07) is 4.13. The Labute approximate surface area is 106 Å². The van der Waals surface area contributed by atoms with Crippen LogP contribution in [0.2, 0.25) is 0 Å². The van der Waals surface area contributed by atoms with Gasteiger partial charge in [0.2, 0.25) is 0 Å². The van der Waals surface area contributed by atoms with Gasteiger partial charge < -0.3 is 10.5 Å². The molecule has 16 heavy (non-hydrogen) atoms. The summed E-state index contributed by atoms with van der Waals surface area (Å²) in [7, 11) is 1.69. The second-order valence-electron chi connectivity index (χ2n) is 4.58. The van der Waals surface area contributed by atoms with Gasteiger partial charge in [-0.25, -0.2) is 0 Å². The van der Waals surface area contributed by atoms with E-state index < -0.39 is 0 Å². The van der Waals surface area contributed by atoms with Crippen molar-refractivity contribution in [3.8, 4) is 5.75 Å². The molecule has 1 rings (SSSR count). The molecule has 90 valence electrons. The van der Waals surface area contributed by atoms with Gasteiger partial charge in [0.25, 0.3) is 0 Å². The summed E-state index contributed by atoms with van der Waals surface area (Å²) < 4.78 is 6.47. The second kappa shape index (κ2) is 5.69. The standard InChI is InChI=1S/C13H20BrNO/c1-8(2)5-12(15)10-7-11(14)9(3)6-13(10)16-4/h6-8,12H,5,15H2,1-4H3. The molecule has 2 nitrogen and oxygen atoms in total. The third-order valence-corrected chi connectivity index (χ3v) is 3.49. The molecule has 0 saturated heterocycles. The summed E-state index contributed by atoms with van der Waals surface area (Å²) in [6.45, 7) is 6.40. The van der Waals surface area contributed by atoms with E-state index in [9.17, 15) is 0 Å². The van der Waals surface area contributed by atoms with Crippen LogP contribution >= 0.6 is 15.9 Å². The van der Waals surface area contributed by atoms with E-state index in [0.29, 0.717) is 5.92 Å². The van der Waals surface area contributed by atoms with E-state index in [1.54, 1.807) is 7.11 Å². The maximum Gasteiger partial charge on any atom is 0.123 e. The van der Waals surface area contributed by atoms with Gasteiger partial charge in [-0.2, -0.15) is 0 Å². The zero-order valence-corrected chi connectivity index (χ0v) is 12.0. The summed E-state index contributed by atoms with van der Waals surface area (Å²) in [5.41, 5.74) is 8.43. The van der Waals surface area contributed by atoms with Crippen molar-refractivity contribution >= 4 is 15.9 Å². The number of nitrogens with two attached hydrogens (primary N) is 1. The first-order valence-corrected chi connectivity index (χ1v) is 6.34. The van der Waals surface area contributed by atoms with Crippen molar-refractivity contribution in [2.24, 2.45) is 11.7 Å². The van der Waals surface area contributed by atoms with Crippen molar-refractivity contribution in [2.75, 3.05) is 7.11 Å². The Balaban J connectivity index is 3.06. The molecule has 0 aliphatic rings. The SMILES string of the molecule is COc1cc(C)c(Br)cc1C(N)CC(C)C. The van der Waals surface area contributed by atoms with E-state index in [1.165, 1.54) is 0 Å². The predicted molar refractivity (Wildman–Crippen MR) is 71.8 cm³/mol. The lowest BCUT2D eigenvalue weighted by Gasteiger charge is -2.18. The molecule has 0 bridgehead atoms. The molecule has 1 aromatic rings. The molecule has 1 unspecified atom stereocenters. The van der Waals surface area contributed by atoms with E-state index in [-0.39, 0.29) is 6.04 Å². The Kier molecular flexibility index (Phi) is 4.81. The molecular formula is C13H20BrNO. The Bertz CT molecular complexity index is 363. The number of rotatable bonds is 4. The molecule has 0 radical (unpaired) electrons. The van der Waals surface area contributed by atoms with Crippen molar-refractivity contribution in [2.45, 2.75) is 33.2 Å². The van der Waals surface area contributed by atoms with Crippen molar-refractivity contribution in [1.82, 2.24) is 0 Å². The number of aryl methyl sites for hydroxylation is 1. The van der Waals surface area contributed by atoms with E-state index in [0.717, 1.165) is 27.8 Å². The molecule has 0 fully saturated rings. The summed E-state index contributed by atoms with van der Waals surface area (Å²) in [6.07, 6.45) is 0.964. The van der Waals surface area contributed by atoms with Crippen LogP contribution in [0.5, 0.6) is 5.75 Å². The molecule has 0 aliphatic carbocycles. The van der Waals surface area contributed by atoms with Crippen LogP contribution in [0.25, 0.3) is 0 Å². The summed E-state index contributed by atoms with van der Waals surface area (Å²) in [4.78, 5) is 0. The Hall–Kier alpha value is -0.540. The van der Waals surface area contributed by atoms with Crippen LogP contribution in [-0.4, -0.2) is 7.11 Å². The smallest absolute Gasteiger partial charge is 0.123 e. The van der Waals surface area contributed by atoms with Gasteiger partial charge in [0.15, 0.2) is 0 Å². The second-order valence-corrected chi connectivity index (χ2v) is 5.43. The quantitative estimate of drug-likeness (QED) is 0.913. The fraction of sp³-hybridized carbons (Fsp3) is 0.538. The van der Waals surface area contributed by atoms with Crippen molar-refractivity contribution in [3.05, 3.63) is 27.7 Å². The fourth-order valence-electron chi connectivity index (χ4n) is 1.77. The van der Waals surface area contributed by atoms with Gasteiger partial charge in [0.1, 0.15) is 5.75 Å². The number of hydrogen-bond donors (Lipinski definition) is 1. The maximum absolute atomic E-state index is 6.19. The highest BCUT2D eigenvalue weighted by Crippen LogP contribution is 2.32. The Morgan fingerprint density at radius 2 is 2.00 bits per heavy atom. The minimum atomic E-state index is 0.0341. The lowest BCUT2D eigenvalue weighted by Crippen LogP contribution is -2.14. The van der Waals surface area contributed by atoms with E-state index >= 15 is 0 Å². The monoisotopic (exact) mass is 285 g/mol. The number of hydrogen-bond acceptors (Lipinski definition) is 2. The van der Waals surface area contributed by atoms with Crippen LogP contribution in [0.15, 0.2) is 16.6 Å². The molecule has 0 heterocycles. The normalized spacial score (nSPS) is 12.9. The zero-order chi connectivity index (χ0) is 12.3. The number of benzene rings is 1. The average molecular weight is 286 g/mol. The Morgan fingerprint density at radius 1 is 1.38 bits per heavy atom. The topological polar surface area (TPSA) is 35.2 Å². The van der Waals surface area contributed by atoms with Crippen LogP contribution in [-0.2, 0) is 0 Å². The van der Waals surface area contributed by atoms with Crippen molar-refractivity contribution in [3.63, 3.8) is 0 Å². The van der Waals surface area contributed by atoms with Gasteiger partial charge in [-0.05, 0) is 37.0 Å². The predicted octanol–water partition coefficient (Wildman–Crippen LogP) is 3.81. The van der Waals surface area contributed by atoms with Crippen LogP contribution < -0.4 is 10.5 Å². The molecule has 0 spiro atoms. The first-order valence-electron chi connectivity index (χ1n) is 5.55. The molecule has 1 atom stereocenters. The van der Waals surface area contributed by atoms with Gasteiger partial charge in [0.05, 0.1) is 7.11 Å². The van der Waals surface area contributed by atoms with Crippen LogP contribution in [0.1, 0.15) is 37.4 Å². The highest BCUT2D eigenvalue weighted by molar-refractivity contribution is 9.10. The number of ether oxygens (including phenoxy) is 1. The minimum absolute atomic E-state index is 0.0341. The molecule has 1 aromatic carbocycles. The number of methoxy groups -OCH3 is 1. The third kappa shape index (κ3) is 3.22. The van der Waals surface area contributed by atoms with Crippen molar-refractivity contribution in [1.29, 1.82) is 0 Å². The van der Waals surface area contributed by atoms with E-state index in [4.69, 9.17) is 10.5 Å². The fourth-order valence-corrected chi connectivity index (χ4v) is 2.13. The highest BCUT2D eigenvalue weighted by Gasteiger charge is 2.15. The molecule has 0 amide bonds. The lowest BCUT2D eigenvalue weighted by molar-refractivity contribution is 0.399. The average Bonchev–Trinajstić information content (AvgIpc) is 2.20. The molecule has 0 saturated carbocycles. The maximum atomic E-state index is 6.19. The van der Waals surface area contributed by atoms with E-state index in [1.807, 2.05) is 13.0 Å². The largest absolute Gasteiger partial charge is 0.496 e. The first kappa shape index (κ1) is 13.5. The van der Waals surface area contributed by atoms with Crippen LogP contribution in [0, 0.1) is 12.8 Å². The van der Waals surface area contributed by atoms with Crippen molar-refractivity contribution < 1.29 is 4.74 Å². The van der Waals surface area contributed by atoms with Gasteiger partial charge in [-0.15, -0.1) is 0 Å². The molecule has 3 heteroatoms. The third-order valence-electron chi connectivity index (χ3n) is 2.64. The van der Waals surface area contributed by atoms with Gasteiger partial charge in [-0.3, -0.25) is 0 Å². The zero-order valence-electron chi connectivity index (χ0n) is 10.4. The molecule has 0 aromatic heterocycles. The van der Waals surface area contributed by atoms with Gasteiger partial charge in [-0.1, -0.05) is 29.8 Å². The Morgan fingerprint density at radius 3 is 2.50 bits per heavy atom. The molecule has 2 N–H and O–H groups in total. The summed E-state index contributed by atoms with van der Waals surface area (Å²) in [5.74, 6) is 1.47. The lowest BCUT2D eigenvalue weighted by atomic mass is 9.96. The highest BCUT2D eigenvalue weighted by atomic mass is 79.9. The number of halogens is 1. The van der Waals surface area contributed by atoms with Gasteiger partial charge >= 0.3 is 0 Å². The van der Waals surface area contributed by atoms with Crippen LogP contribution in [0.3, 0.4) is 0 Å². The molecule has 0 aliphatic heterocycles.